The summed E-state index contributed by atoms with van der Waals surface area (Å²) in [5, 5.41) is 3.49. The third kappa shape index (κ3) is 3.97. The molecule has 0 N–H and O–H groups in total. The summed E-state index contributed by atoms with van der Waals surface area (Å²) in [5.74, 6) is 1.94. The third-order valence-electron chi connectivity index (χ3n) is 8.85. The number of aryl methyl sites for hydroxylation is 1. The van der Waals surface area contributed by atoms with Gasteiger partial charge in [0.15, 0.2) is 23.1 Å². The summed E-state index contributed by atoms with van der Waals surface area (Å²) in [7, 11) is 0. The Morgan fingerprint density at radius 1 is 0.523 bits per heavy atom. The fourth-order valence-electron chi connectivity index (χ4n) is 6.81. The first-order valence-corrected chi connectivity index (χ1v) is 15.3. The van der Waals surface area contributed by atoms with Gasteiger partial charge in [0.25, 0.3) is 0 Å². The van der Waals surface area contributed by atoms with Gasteiger partial charge in [-0.1, -0.05) is 91.0 Å². The van der Waals surface area contributed by atoms with Crippen LogP contribution in [-0.2, 0) is 12.8 Å². The summed E-state index contributed by atoms with van der Waals surface area (Å²) in [6.07, 6.45) is 4.67. The van der Waals surface area contributed by atoms with Crippen LogP contribution < -0.4 is 0 Å². The van der Waals surface area contributed by atoms with Crippen molar-refractivity contribution in [2.24, 2.45) is 0 Å². The maximum absolute atomic E-state index is 6.65. The summed E-state index contributed by atoms with van der Waals surface area (Å²) in [5.41, 5.74) is 9.83. The van der Waals surface area contributed by atoms with E-state index in [9.17, 15) is 0 Å². The van der Waals surface area contributed by atoms with E-state index >= 15 is 0 Å². The van der Waals surface area contributed by atoms with Crippen LogP contribution in [-0.4, -0.2) is 19.5 Å². The molecule has 5 heteroatoms. The molecule has 0 fully saturated rings. The number of benzene rings is 5. The number of para-hydroxylation sites is 2. The van der Waals surface area contributed by atoms with Crippen molar-refractivity contribution in [3.05, 3.63) is 133 Å². The molecular weight excluding hydrogens is 540 g/mol. The van der Waals surface area contributed by atoms with Crippen molar-refractivity contribution in [2.75, 3.05) is 0 Å². The Labute approximate surface area is 254 Å². The van der Waals surface area contributed by atoms with E-state index in [1.807, 2.05) is 66.7 Å². The molecule has 0 amide bonds. The summed E-state index contributed by atoms with van der Waals surface area (Å²) >= 11 is 0. The molecular formula is C39H28N4O. The number of rotatable bonds is 4. The first kappa shape index (κ1) is 25.0. The van der Waals surface area contributed by atoms with Crippen LogP contribution in [0.25, 0.3) is 72.7 Å². The smallest absolute Gasteiger partial charge is 0.164 e. The molecule has 0 spiro atoms. The molecule has 0 saturated heterocycles. The van der Waals surface area contributed by atoms with E-state index in [1.54, 1.807) is 0 Å². The highest BCUT2D eigenvalue weighted by atomic mass is 16.3. The molecule has 9 rings (SSSR count). The van der Waals surface area contributed by atoms with Crippen LogP contribution in [0.2, 0.25) is 0 Å². The molecule has 5 nitrogen and oxygen atoms in total. The Kier molecular flexibility index (Phi) is 5.69. The van der Waals surface area contributed by atoms with E-state index in [0.717, 1.165) is 57.2 Å². The average Bonchev–Trinajstić information content (AvgIpc) is 3.64. The van der Waals surface area contributed by atoms with Crippen molar-refractivity contribution >= 4 is 32.8 Å². The third-order valence-corrected chi connectivity index (χ3v) is 8.85. The Morgan fingerprint density at radius 2 is 1.16 bits per heavy atom. The molecule has 1 aliphatic carbocycles. The molecule has 1 aliphatic rings. The molecule has 8 aromatic rings. The van der Waals surface area contributed by atoms with E-state index < -0.39 is 0 Å². The zero-order chi connectivity index (χ0) is 29.0. The molecule has 3 heterocycles. The molecule has 0 aliphatic heterocycles. The molecule has 210 valence electrons. The standard InChI is InChI=1S/C39H28N4O/c1-3-12-25(13-4-1)37-40-38(26-14-5-2-6-15-26)42-39(41-37)27-22-23-35-31(24-27)30-18-11-21-34(36(30)44-35)43-32-19-9-7-16-28(32)29-17-8-10-20-33(29)43/h1-7,9,11-16,18-19,21-24H,8,10,17,20H2. The lowest BCUT2D eigenvalue weighted by Gasteiger charge is -2.16. The van der Waals surface area contributed by atoms with Crippen LogP contribution in [0.5, 0.6) is 0 Å². The summed E-state index contributed by atoms with van der Waals surface area (Å²) in [6, 6.07) is 41.7. The number of nitrogens with zero attached hydrogens (tertiary/aromatic N) is 4. The van der Waals surface area contributed by atoms with Crippen molar-refractivity contribution in [1.82, 2.24) is 19.5 Å². The maximum atomic E-state index is 6.65. The lowest BCUT2D eigenvalue weighted by Crippen LogP contribution is -2.07. The quantitative estimate of drug-likeness (QED) is 0.212. The van der Waals surface area contributed by atoms with Gasteiger partial charge in [0.05, 0.1) is 11.2 Å². The Bertz CT molecular complexity index is 2280. The van der Waals surface area contributed by atoms with Gasteiger partial charge in [0.1, 0.15) is 5.58 Å². The minimum absolute atomic E-state index is 0.635. The van der Waals surface area contributed by atoms with Gasteiger partial charge < -0.3 is 8.98 Å². The van der Waals surface area contributed by atoms with Crippen molar-refractivity contribution in [2.45, 2.75) is 25.7 Å². The maximum Gasteiger partial charge on any atom is 0.164 e. The highest BCUT2D eigenvalue weighted by Crippen LogP contribution is 2.40. The molecule has 5 aromatic carbocycles. The molecule has 0 saturated carbocycles. The van der Waals surface area contributed by atoms with Gasteiger partial charge in [-0.3, -0.25) is 0 Å². The monoisotopic (exact) mass is 568 g/mol. The number of furan rings is 1. The van der Waals surface area contributed by atoms with Crippen LogP contribution in [0.4, 0.5) is 0 Å². The second kappa shape index (κ2) is 10.0. The van der Waals surface area contributed by atoms with Crippen LogP contribution >= 0.6 is 0 Å². The first-order chi connectivity index (χ1) is 21.8. The lowest BCUT2D eigenvalue weighted by atomic mass is 9.95. The predicted octanol–water partition coefficient (Wildman–Crippen LogP) is 9.59. The van der Waals surface area contributed by atoms with Gasteiger partial charge in [0.2, 0.25) is 0 Å². The number of fused-ring (bicyclic) bond motifs is 6. The van der Waals surface area contributed by atoms with Crippen molar-refractivity contribution in [3.8, 4) is 39.9 Å². The summed E-state index contributed by atoms with van der Waals surface area (Å²) in [6.45, 7) is 0. The molecule has 44 heavy (non-hydrogen) atoms. The number of hydrogen-bond acceptors (Lipinski definition) is 4. The molecule has 0 unspecified atom stereocenters. The zero-order valence-corrected chi connectivity index (χ0v) is 24.1. The van der Waals surface area contributed by atoms with E-state index in [4.69, 9.17) is 19.4 Å². The minimum atomic E-state index is 0.635. The molecule has 3 aromatic heterocycles. The van der Waals surface area contributed by atoms with E-state index in [1.165, 1.54) is 35.0 Å². The minimum Gasteiger partial charge on any atom is -0.454 e. The van der Waals surface area contributed by atoms with Gasteiger partial charge in [-0.05, 0) is 61.6 Å². The van der Waals surface area contributed by atoms with Gasteiger partial charge >= 0.3 is 0 Å². The van der Waals surface area contributed by atoms with Crippen LogP contribution in [0.15, 0.2) is 126 Å². The molecule has 0 bridgehead atoms. The largest absolute Gasteiger partial charge is 0.454 e. The second-order valence-electron chi connectivity index (χ2n) is 11.5. The normalized spacial score (nSPS) is 13.1. The van der Waals surface area contributed by atoms with E-state index in [-0.39, 0.29) is 0 Å². The SMILES string of the molecule is c1ccc(-c2nc(-c3ccccc3)nc(-c3ccc4oc5c(-n6c7c(c8ccccc86)CCCC7)cccc5c4c3)n2)cc1. The van der Waals surface area contributed by atoms with Crippen LogP contribution in [0, 0.1) is 0 Å². The Hall–Kier alpha value is -5.55. The van der Waals surface area contributed by atoms with Crippen LogP contribution in [0.3, 0.4) is 0 Å². The van der Waals surface area contributed by atoms with Crippen molar-refractivity contribution < 1.29 is 4.42 Å². The molecule has 0 radical (unpaired) electrons. The molecule has 0 atom stereocenters. The van der Waals surface area contributed by atoms with Gasteiger partial charge in [0, 0.05) is 38.5 Å². The Morgan fingerprint density at radius 3 is 1.91 bits per heavy atom. The van der Waals surface area contributed by atoms with Gasteiger partial charge in [-0.2, -0.15) is 0 Å². The zero-order valence-electron chi connectivity index (χ0n) is 24.1. The first-order valence-electron chi connectivity index (χ1n) is 15.3. The van der Waals surface area contributed by atoms with Crippen LogP contribution in [0.1, 0.15) is 24.1 Å². The second-order valence-corrected chi connectivity index (χ2v) is 11.5. The number of hydrogen-bond donors (Lipinski definition) is 0. The lowest BCUT2D eigenvalue weighted by molar-refractivity contribution is 0.653. The summed E-state index contributed by atoms with van der Waals surface area (Å²) < 4.78 is 9.09. The van der Waals surface area contributed by atoms with E-state index in [0.29, 0.717) is 17.5 Å². The van der Waals surface area contributed by atoms with Gasteiger partial charge in [-0.25, -0.2) is 15.0 Å². The highest BCUT2D eigenvalue weighted by molar-refractivity contribution is 6.09. The van der Waals surface area contributed by atoms with Gasteiger partial charge in [-0.15, -0.1) is 0 Å². The topological polar surface area (TPSA) is 56.7 Å². The fourth-order valence-corrected chi connectivity index (χ4v) is 6.81. The van der Waals surface area contributed by atoms with Crippen molar-refractivity contribution in [3.63, 3.8) is 0 Å². The van der Waals surface area contributed by atoms with E-state index in [2.05, 4.69) is 59.2 Å². The predicted molar refractivity (Wildman–Crippen MR) is 177 cm³/mol. The van der Waals surface area contributed by atoms with Crippen molar-refractivity contribution in [1.29, 1.82) is 0 Å². The fraction of sp³-hybridized carbons (Fsp3) is 0.103. The Balaban J connectivity index is 1.24. The number of aromatic nitrogens is 4. The summed E-state index contributed by atoms with van der Waals surface area (Å²) in [4.78, 5) is 14.8. The average molecular weight is 569 g/mol. The highest BCUT2D eigenvalue weighted by Gasteiger charge is 2.23.